The summed E-state index contributed by atoms with van der Waals surface area (Å²) >= 11 is 0. The van der Waals surface area contributed by atoms with E-state index < -0.39 is 0 Å². The number of hydrogen-bond acceptors (Lipinski definition) is 3. The first-order chi connectivity index (χ1) is 19.1. The third-order valence-electron chi connectivity index (χ3n) is 7.96. The fourth-order valence-corrected chi connectivity index (χ4v) is 5.89. The minimum Gasteiger partial charge on any atom is -0.354 e. The van der Waals surface area contributed by atoms with Gasteiger partial charge in [0, 0.05) is 42.7 Å². The summed E-state index contributed by atoms with van der Waals surface area (Å²) in [5.74, 6) is 0.353. The van der Waals surface area contributed by atoms with Gasteiger partial charge in [0.25, 0.3) is 0 Å². The van der Waals surface area contributed by atoms with Crippen LogP contribution >= 0.6 is 0 Å². The maximum Gasteiger partial charge on any atom is 0.237 e. The van der Waals surface area contributed by atoms with Crippen LogP contribution in [0.5, 0.6) is 0 Å². The average Bonchev–Trinajstić information content (AvgIpc) is 3.33. The van der Waals surface area contributed by atoms with Crippen LogP contribution in [-0.4, -0.2) is 40.7 Å². The summed E-state index contributed by atoms with van der Waals surface area (Å²) < 4.78 is 0. The van der Waals surface area contributed by atoms with Crippen LogP contribution in [0.15, 0.2) is 78.9 Å². The second-order valence-corrected chi connectivity index (χ2v) is 10.7. The maximum atomic E-state index is 13.7. The lowest BCUT2D eigenvalue weighted by molar-refractivity contribution is -0.127. The number of nitrogens with zero attached hydrogens (tertiary/aromatic N) is 1. The molecular weight excluding hydrogens is 482 g/mol. The number of benzene rings is 3. The first-order valence-corrected chi connectivity index (χ1v) is 14.3. The highest BCUT2D eigenvalue weighted by Crippen LogP contribution is 2.30. The lowest BCUT2D eigenvalue weighted by atomic mass is 9.96. The lowest BCUT2D eigenvalue weighted by Gasteiger charge is -2.35. The van der Waals surface area contributed by atoms with Crippen molar-refractivity contribution in [1.82, 2.24) is 15.2 Å². The van der Waals surface area contributed by atoms with E-state index in [1.165, 1.54) is 22.1 Å². The molecule has 5 nitrogen and oxygen atoms in total. The van der Waals surface area contributed by atoms with Crippen LogP contribution < -0.4 is 5.32 Å². The number of H-pyrrole nitrogens is 1. The summed E-state index contributed by atoms with van der Waals surface area (Å²) in [6.07, 6.45) is 5.99. The number of fused-ring (bicyclic) bond motifs is 2. The average molecular weight is 522 g/mol. The molecule has 0 saturated heterocycles. The van der Waals surface area contributed by atoms with E-state index in [9.17, 15) is 9.59 Å². The van der Waals surface area contributed by atoms with Gasteiger partial charge in [-0.1, -0.05) is 85.6 Å². The van der Waals surface area contributed by atoms with Crippen molar-refractivity contribution in [1.29, 1.82) is 0 Å². The van der Waals surface area contributed by atoms with E-state index in [2.05, 4.69) is 88.0 Å². The highest BCUT2D eigenvalue weighted by atomic mass is 16.2. The van der Waals surface area contributed by atoms with Gasteiger partial charge in [0.2, 0.25) is 5.91 Å². The van der Waals surface area contributed by atoms with Crippen molar-refractivity contribution in [3.05, 3.63) is 95.6 Å². The molecule has 0 bridgehead atoms. The van der Waals surface area contributed by atoms with E-state index in [1.54, 1.807) is 6.92 Å². The Morgan fingerprint density at radius 1 is 0.897 bits per heavy atom. The molecule has 5 heteroatoms. The molecule has 1 aliphatic rings. The molecular formula is C34H39N3O2. The van der Waals surface area contributed by atoms with E-state index in [0.717, 1.165) is 68.4 Å². The second kappa shape index (κ2) is 12.9. The number of hydrogen-bond donors (Lipinski definition) is 2. The highest BCUT2D eigenvalue weighted by molar-refractivity contribution is 5.91. The number of carbonyl (C=O) groups is 2. The van der Waals surface area contributed by atoms with E-state index in [-0.39, 0.29) is 17.7 Å². The quantitative estimate of drug-likeness (QED) is 0.210. The maximum absolute atomic E-state index is 13.7. The van der Waals surface area contributed by atoms with Crippen LogP contribution in [0.4, 0.5) is 0 Å². The van der Waals surface area contributed by atoms with Crippen molar-refractivity contribution in [2.24, 2.45) is 0 Å². The van der Waals surface area contributed by atoms with Gasteiger partial charge < -0.3 is 15.1 Å². The molecule has 5 rings (SSSR count). The summed E-state index contributed by atoms with van der Waals surface area (Å²) in [5.41, 5.74) is 7.36. The van der Waals surface area contributed by atoms with Crippen molar-refractivity contribution >= 4 is 22.6 Å². The molecule has 2 N–H and O–H groups in total. The van der Waals surface area contributed by atoms with Gasteiger partial charge in [-0.15, -0.1) is 0 Å². The number of ketones is 1. The SMILES string of the molecule is CC(=O)CCCCC[C@@H](C(=O)NCCc1c(-c2ccccc2)[nH]c2ccccc12)N1CCc2ccccc2C1. The molecule has 2 heterocycles. The molecule has 1 atom stereocenters. The van der Waals surface area contributed by atoms with Gasteiger partial charge in [0.05, 0.1) is 6.04 Å². The van der Waals surface area contributed by atoms with Gasteiger partial charge in [-0.3, -0.25) is 9.69 Å². The Kier molecular flexibility index (Phi) is 8.89. The smallest absolute Gasteiger partial charge is 0.237 e. The molecule has 0 radical (unpaired) electrons. The van der Waals surface area contributed by atoms with Crippen molar-refractivity contribution < 1.29 is 9.59 Å². The van der Waals surface area contributed by atoms with Crippen LogP contribution in [0.3, 0.4) is 0 Å². The molecule has 1 aliphatic heterocycles. The molecule has 3 aromatic carbocycles. The summed E-state index contributed by atoms with van der Waals surface area (Å²) in [6, 6.07) is 27.2. The minimum absolute atomic E-state index is 0.113. The zero-order chi connectivity index (χ0) is 27.0. The van der Waals surface area contributed by atoms with Crippen LogP contribution in [-0.2, 0) is 29.0 Å². The fraction of sp³-hybridized carbons (Fsp3) is 0.353. The number of Topliss-reactive ketones (excluding diaryl/α,β-unsaturated/α-hetero) is 1. The van der Waals surface area contributed by atoms with Crippen LogP contribution in [0.2, 0.25) is 0 Å². The van der Waals surface area contributed by atoms with Crippen molar-refractivity contribution in [2.75, 3.05) is 13.1 Å². The van der Waals surface area contributed by atoms with E-state index in [4.69, 9.17) is 0 Å². The Morgan fingerprint density at radius 3 is 2.46 bits per heavy atom. The molecule has 0 spiro atoms. The molecule has 0 aliphatic carbocycles. The molecule has 0 unspecified atom stereocenters. The summed E-state index contributed by atoms with van der Waals surface area (Å²) in [5, 5.41) is 4.50. The largest absolute Gasteiger partial charge is 0.354 e. The van der Waals surface area contributed by atoms with Gasteiger partial charge in [-0.05, 0) is 60.9 Å². The Labute approximate surface area is 231 Å². The van der Waals surface area contributed by atoms with E-state index in [0.29, 0.717) is 13.0 Å². The van der Waals surface area contributed by atoms with Gasteiger partial charge in [-0.2, -0.15) is 0 Å². The Hall–Kier alpha value is -3.70. The zero-order valence-corrected chi connectivity index (χ0v) is 22.9. The number of carbonyl (C=O) groups excluding carboxylic acids is 2. The Balaban J connectivity index is 1.28. The zero-order valence-electron chi connectivity index (χ0n) is 22.9. The number of rotatable bonds is 12. The minimum atomic E-state index is -0.160. The van der Waals surface area contributed by atoms with Crippen LogP contribution in [0, 0.1) is 0 Å². The van der Waals surface area contributed by atoms with Crippen molar-refractivity contribution in [2.45, 2.75) is 64.5 Å². The van der Waals surface area contributed by atoms with Crippen LogP contribution in [0.25, 0.3) is 22.2 Å². The molecule has 0 saturated carbocycles. The number of amides is 1. The summed E-state index contributed by atoms with van der Waals surface area (Å²) in [6.45, 7) is 3.94. The molecule has 202 valence electrons. The summed E-state index contributed by atoms with van der Waals surface area (Å²) in [4.78, 5) is 31.0. The highest BCUT2D eigenvalue weighted by Gasteiger charge is 2.28. The van der Waals surface area contributed by atoms with E-state index >= 15 is 0 Å². The van der Waals surface area contributed by atoms with Gasteiger partial charge in [0.15, 0.2) is 0 Å². The van der Waals surface area contributed by atoms with Gasteiger partial charge in [-0.25, -0.2) is 0 Å². The Bertz CT molecular complexity index is 1410. The van der Waals surface area contributed by atoms with Crippen LogP contribution in [0.1, 0.15) is 55.7 Å². The monoisotopic (exact) mass is 521 g/mol. The fourth-order valence-electron chi connectivity index (χ4n) is 5.89. The molecule has 4 aromatic rings. The molecule has 0 fully saturated rings. The standard InChI is InChI=1S/C34H39N3O2/c1-25(38)12-4-2-7-19-32(37-23-21-26-13-8-9-16-28(26)24-37)34(39)35-22-20-30-29-17-10-11-18-31(29)36-33(30)27-14-5-3-6-15-27/h3,5-6,8-11,13-18,32,36H,2,4,7,12,19-24H2,1H3,(H,35,39)/t32-/m0/s1. The lowest BCUT2D eigenvalue weighted by Crippen LogP contribution is -2.49. The molecule has 1 amide bonds. The molecule has 1 aromatic heterocycles. The predicted molar refractivity (Wildman–Crippen MR) is 159 cm³/mol. The number of unbranched alkanes of at least 4 members (excludes halogenated alkanes) is 2. The third-order valence-corrected chi connectivity index (χ3v) is 7.96. The first kappa shape index (κ1) is 26.9. The van der Waals surface area contributed by atoms with Gasteiger partial charge in [0.1, 0.15) is 5.78 Å². The number of aromatic amines is 1. The number of aromatic nitrogens is 1. The van der Waals surface area contributed by atoms with Gasteiger partial charge >= 0.3 is 0 Å². The third kappa shape index (κ3) is 6.66. The van der Waals surface area contributed by atoms with E-state index in [1.807, 2.05) is 6.07 Å². The second-order valence-electron chi connectivity index (χ2n) is 10.7. The topological polar surface area (TPSA) is 65.2 Å². The normalized spacial score (nSPS) is 14.2. The number of nitrogens with one attached hydrogen (secondary N) is 2. The Morgan fingerprint density at radius 2 is 1.64 bits per heavy atom. The first-order valence-electron chi connectivity index (χ1n) is 14.3. The molecule has 39 heavy (non-hydrogen) atoms. The van der Waals surface area contributed by atoms with Crippen molar-refractivity contribution in [3.8, 4) is 11.3 Å². The predicted octanol–water partition coefficient (Wildman–Crippen LogP) is 6.46. The van der Waals surface area contributed by atoms with Crippen molar-refractivity contribution in [3.63, 3.8) is 0 Å². The number of para-hydroxylation sites is 1. The summed E-state index contributed by atoms with van der Waals surface area (Å²) in [7, 11) is 0.